The van der Waals surface area contributed by atoms with Gasteiger partial charge < -0.3 is 16.8 Å². The molecule has 8 nitrogen and oxygen atoms in total. The van der Waals surface area contributed by atoms with E-state index in [4.69, 9.17) is 23.1 Å². The van der Waals surface area contributed by atoms with E-state index in [1.54, 1.807) is 16.8 Å². The predicted octanol–water partition coefficient (Wildman–Crippen LogP) is 0.864. The Morgan fingerprint density at radius 2 is 1.67 bits per heavy atom. The maximum Gasteiger partial charge on any atom is 0.273 e. The molecule has 5 N–H and O–H groups in total. The zero-order valence-electron chi connectivity index (χ0n) is 14.6. The minimum absolute atomic E-state index is 0.175. The number of nitrogens with two attached hydrogens (primary N) is 2. The van der Waals surface area contributed by atoms with E-state index in [9.17, 15) is 14.4 Å². The lowest BCUT2D eigenvalue weighted by molar-refractivity contribution is -0.128. The quantitative estimate of drug-likeness (QED) is 0.516. The van der Waals surface area contributed by atoms with Crippen LogP contribution in [-0.4, -0.2) is 33.5 Å². The van der Waals surface area contributed by atoms with Gasteiger partial charge in [0, 0.05) is 16.3 Å². The lowest BCUT2D eigenvalue weighted by Gasteiger charge is -2.11. The summed E-state index contributed by atoms with van der Waals surface area (Å²) >= 11 is 5.96. The van der Waals surface area contributed by atoms with E-state index in [0.717, 1.165) is 42.6 Å². The highest BCUT2D eigenvalue weighted by Gasteiger charge is 2.29. The van der Waals surface area contributed by atoms with Gasteiger partial charge in [-0.2, -0.15) is 5.10 Å². The molecule has 3 rings (SSSR count). The number of hydrogen-bond donors (Lipinski definition) is 3. The Kier molecular flexibility index (Phi) is 5.46. The van der Waals surface area contributed by atoms with Crippen molar-refractivity contribution in [1.82, 2.24) is 15.1 Å². The van der Waals surface area contributed by atoms with Gasteiger partial charge in [0.1, 0.15) is 0 Å². The summed E-state index contributed by atoms with van der Waals surface area (Å²) in [5.41, 5.74) is 13.0. The van der Waals surface area contributed by atoms with Crippen molar-refractivity contribution in [3.05, 3.63) is 46.2 Å². The molecule has 0 fully saturated rings. The van der Waals surface area contributed by atoms with Crippen molar-refractivity contribution in [2.45, 2.75) is 38.1 Å². The molecule has 0 saturated heterocycles. The van der Waals surface area contributed by atoms with Crippen LogP contribution in [0.2, 0.25) is 5.02 Å². The smallest absolute Gasteiger partial charge is 0.273 e. The van der Waals surface area contributed by atoms with Gasteiger partial charge >= 0.3 is 0 Å². The van der Waals surface area contributed by atoms with Crippen LogP contribution >= 0.6 is 11.6 Å². The van der Waals surface area contributed by atoms with Gasteiger partial charge in [0.15, 0.2) is 11.7 Å². The number of nitrogens with one attached hydrogen (secondary N) is 1. The number of halogens is 1. The fourth-order valence-electron chi connectivity index (χ4n) is 3.24. The molecule has 1 aliphatic carbocycles. The van der Waals surface area contributed by atoms with Crippen LogP contribution < -0.4 is 16.8 Å². The number of aromatic nitrogens is 2. The van der Waals surface area contributed by atoms with E-state index < -0.39 is 23.8 Å². The van der Waals surface area contributed by atoms with Gasteiger partial charge in [-0.1, -0.05) is 18.0 Å². The van der Waals surface area contributed by atoms with E-state index in [1.807, 2.05) is 12.1 Å². The second-order valence-electron chi connectivity index (χ2n) is 6.43. The first-order valence-corrected chi connectivity index (χ1v) is 9.02. The molecule has 1 aromatic carbocycles. The molecule has 142 valence electrons. The summed E-state index contributed by atoms with van der Waals surface area (Å²) in [4.78, 5) is 35.5. The molecule has 27 heavy (non-hydrogen) atoms. The van der Waals surface area contributed by atoms with E-state index in [2.05, 4.69) is 10.4 Å². The van der Waals surface area contributed by atoms with Crippen molar-refractivity contribution in [2.75, 3.05) is 0 Å². The normalized spacial score (nSPS) is 13.7. The number of carbonyl (C=O) groups excluding carboxylic acids is 3. The van der Waals surface area contributed by atoms with Gasteiger partial charge in [-0.25, -0.2) is 4.68 Å². The molecule has 9 heteroatoms. The maximum absolute atomic E-state index is 12.7. The molecule has 2 aromatic rings. The topological polar surface area (TPSA) is 133 Å². The second kappa shape index (κ2) is 7.79. The SMILES string of the molecule is NC(=O)C(NC(=O)c1nn(-c2ccc(Cl)cc2)c2c1CCCCC2)C(N)=O. The Labute approximate surface area is 160 Å². The van der Waals surface area contributed by atoms with Crippen molar-refractivity contribution in [2.24, 2.45) is 11.5 Å². The number of carbonyl (C=O) groups is 3. The summed E-state index contributed by atoms with van der Waals surface area (Å²) < 4.78 is 1.72. The molecule has 3 amide bonds. The second-order valence-corrected chi connectivity index (χ2v) is 6.87. The van der Waals surface area contributed by atoms with Crippen molar-refractivity contribution in [3.63, 3.8) is 0 Å². The third-order valence-corrected chi connectivity index (χ3v) is 4.81. The molecule has 1 heterocycles. The summed E-state index contributed by atoms with van der Waals surface area (Å²) in [6.07, 6.45) is 4.41. The van der Waals surface area contributed by atoms with Gasteiger partial charge in [0.2, 0.25) is 11.8 Å². The van der Waals surface area contributed by atoms with Crippen molar-refractivity contribution in [3.8, 4) is 5.69 Å². The lowest BCUT2D eigenvalue weighted by Crippen LogP contribution is -2.52. The molecule has 1 aliphatic rings. The molecule has 0 unspecified atom stereocenters. The fraction of sp³-hybridized carbons (Fsp3) is 0.333. The highest BCUT2D eigenvalue weighted by atomic mass is 35.5. The first-order chi connectivity index (χ1) is 12.9. The molecule has 0 saturated carbocycles. The summed E-state index contributed by atoms with van der Waals surface area (Å²) in [7, 11) is 0. The number of hydrogen-bond acceptors (Lipinski definition) is 4. The van der Waals surface area contributed by atoms with Gasteiger partial charge in [-0.15, -0.1) is 0 Å². The number of benzene rings is 1. The summed E-state index contributed by atoms with van der Waals surface area (Å²) in [5, 5.41) is 7.35. The largest absolute Gasteiger partial charge is 0.367 e. The van der Waals surface area contributed by atoms with Crippen LogP contribution in [0.15, 0.2) is 24.3 Å². The highest BCUT2D eigenvalue weighted by Crippen LogP contribution is 2.27. The predicted molar refractivity (Wildman–Crippen MR) is 99.5 cm³/mol. The van der Waals surface area contributed by atoms with Crippen molar-refractivity contribution < 1.29 is 14.4 Å². The first kappa shape index (κ1) is 18.9. The molecule has 0 atom stereocenters. The van der Waals surface area contributed by atoms with E-state index >= 15 is 0 Å². The molecule has 0 bridgehead atoms. The average molecular weight is 390 g/mol. The fourth-order valence-corrected chi connectivity index (χ4v) is 3.36. The van der Waals surface area contributed by atoms with Crippen LogP contribution in [0.4, 0.5) is 0 Å². The molecule has 1 aromatic heterocycles. The van der Waals surface area contributed by atoms with E-state index in [0.29, 0.717) is 11.4 Å². The molecule has 0 radical (unpaired) electrons. The number of rotatable bonds is 5. The molecule has 0 spiro atoms. The van der Waals surface area contributed by atoms with Gasteiger partial charge in [0.25, 0.3) is 5.91 Å². The molecular formula is C18H20ClN5O3. The van der Waals surface area contributed by atoms with Crippen molar-refractivity contribution in [1.29, 1.82) is 0 Å². The zero-order chi connectivity index (χ0) is 19.6. The minimum atomic E-state index is -1.58. The Balaban J connectivity index is 2.02. The number of amides is 3. The monoisotopic (exact) mass is 389 g/mol. The van der Waals surface area contributed by atoms with Crippen LogP contribution in [0.5, 0.6) is 0 Å². The number of fused-ring (bicyclic) bond motifs is 1. The third-order valence-electron chi connectivity index (χ3n) is 4.56. The summed E-state index contributed by atoms with van der Waals surface area (Å²) in [5.74, 6) is -2.68. The van der Waals surface area contributed by atoms with Gasteiger partial charge in [-0.3, -0.25) is 14.4 Å². The van der Waals surface area contributed by atoms with Crippen LogP contribution in [0.1, 0.15) is 41.0 Å². The Morgan fingerprint density at radius 1 is 1.04 bits per heavy atom. The summed E-state index contributed by atoms with van der Waals surface area (Å²) in [6, 6.07) is 5.55. The van der Waals surface area contributed by atoms with Crippen LogP contribution in [0.3, 0.4) is 0 Å². The van der Waals surface area contributed by atoms with Crippen molar-refractivity contribution >= 4 is 29.3 Å². The number of nitrogens with zero attached hydrogens (tertiary/aromatic N) is 2. The maximum atomic E-state index is 12.7. The number of primary amides is 2. The van der Waals surface area contributed by atoms with E-state index in [1.165, 1.54) is 0 Å². The Hall–Kier alpha value is -2.87. The highest BCUT2D eigenvalue weighted by molar-refractivity contribution is 6.30. The zero-order valence-corrected chi connectivity index (χ0v) is 15.3. The van der Waals surface area contributed by atoms with Crippen LogP contribution in [-0.2, 0) is 22.4 Å². The van der Waals surface area contributed by atoms with E-state index in [-0.39, 0.29) is 5.69 Å². The third kappa shape index (κ3) is 3.95. The first-order valence-electron chi connectivity index (χ1n) is 8.64. The standard InChI is InChI=1S/C18H20ClN5O3/c19-10-6-8-11(9-7-10)24-13-5-3-1-2-4-12(13)14(23-24)18(27)22-15(16(20)25)17(21)26/h6-9,15H,1-5H2,(H2,20,25)(H2,21,26)(H,22,27). The lowest BCUT2D eigenvalue weighted by atomic mass is 10.1. The average Bonchev–Trinajstić information content (AvgIpc) is 2.81. The molecular weight excluding hydrogens is 370 g/mol. The Morgan fingerprint density at radius 3 is 2.30 bits per heavy atom. The summed E-state index contributed by atoms with van der Waals surface area (Å²) in [6.45, 7) is 0. The van der Waals surface area contributed by atoms with Gasteiger partial charge in [-0.05, 0) is 49.9 Å². The Bertz CT molecular complexity index is 877. The molecule has 0 aliphatic heterocycles. The van der Waals surface area contributed by atoms with Gasteiger partial charge in [0.05, 0.1) is 5.69 Å². The van der Waals surface area contributed by atoms with Crippen LogP contribution in [0.25, 0.3) is 5.69 Å². The van der Waals surface area contributed by atoms with Crippen LogP contribution in [0, 0.1) is 0 Å². The minimum Gasteiger partial charge on any atom is -0.367 e.